The highest BCUT2D eigenvalue weighted by atomic mass is 32.2. The molecule has 0 amide bonds. The molecule has 0 aliphatic heterocycles. The predicted molar refractivity (Wildman–Crippen MR) is 129 cm³/mol. The minimum atomic E-state index is -4.55. The van der Waals surface area contributed by atoms with Gasteiger partial charge in [-0.15, -0.1) is 5.10 Å². The van der Waals surface area contributed by atoms with Crippen LogP contribution in [0.25, 0.3) is 22.6 Å². The van der Waals surface area contributed by atoms with Gasteiger partial charge in [-0.1, -0.05) is 19.1 Å². The number of hydrogen-bond donors (Lipinski definition) is 0. The number of nitrogens with zero attached hydrogens (tertiary/aromatic N) is 4. The number of hydrogen-bond acceptors (Lipinski definition) is 7. The van der Waals surface area contributed by atoms with Crippen molar-refractivity contribution in [2.75, 3.05) is 12.4 Å². The van der Waals surface area contributed by atoms with Crippen LogP contribution in [0.1, 0.15) is 20.8 Å². The fraction of sp³-hybridized carbons (Fsp3) is 0.292. The fourth-order valence-corrected chi connectivity index (χ4v) is 4.52. The molecule has 1 aromatic carbocycles. The van der Waals surface area contributed by atoms with Crippen LogP contribution >= 0.6 is 0 Å². The van der Waals surface area contributed by atoms with Gasteiger partial charge in [0.25, 0.3) is 0 Å². The van der Waals surface area contributed by atoms with E-state index in [9.17, 15) is 26.4 Å². The molecule has 0 saturated carbocycles. The number of ether oxygens (including phenoxy) is 2. The molecular weight excluding hydrogens is 513 g/mol. The lowest BCUT2D eigenvalue weighted by molar-refractivity contribution is -0.153. The van der Waals surface area contributed by atoms with Gasteiger partial charge in [0.15, 0.2) is 27.9 Å². The first-order chi connectivity index (χ1) is 17.4. The van der Waals surface area contributed by atoms with E-state index in [-0.39, 0.29) is 34.0 Å². The molecule has 13 heteroatoms. The second-order valence-electron chi connectivity index (χ2n) is 8.33. The third kappa shape index (κ3) is 5.77. The molecule has 4 rings (SSSR count). The lowest BCUT2D eigenvalue weighted by Gasteiger charge is -2.12. The summed E-state index contributed by atoms with van der Waals surface area (Å²) in [5.41, 5.74) is 0.411. The number of fused-ring (bicyclic) bond motifs is 1. The fourth-order valence-electron chi connectivity index (χ4n) is 3.48. The average Bonchev–Trinajstić information content (AvgIpc) is 3.17. The molecule has 0 atom stereocenters. The molecule has 0 saturated heterocycles. The molecule has 0 fully saturated rings. The summed E-state index contributed by atoms with van der Waals surface area (Å²) in [5.74, 6) is -0.0402. The van der Waals surface area contributed by atoms with Gasteiger partial charge in [-0.2, -0.15) is 17.9 Å². The average molecular weight is 537 g/mol. The molecule has 0 bridgehead atoms. The number of aromatic nitrogens is 4. The molecule has 0 radical (unpaired) electrons. The maximum absolute atomic E-state index is 13.1. The van der Waals surface area contributed by atoms with Crippen molar-refractivity contribution in [1.29, 1.82) is 0 Å². The summed E-state index contributed by atoms with van der Waals surface area (Å²) in [6.45, 7) is 3.72. The Morgan fingerprint density at radius 3 is 2.32 bits per heavy atom. The van der Waals surface area contributed by atoms with Gasteiger partial charge in [-0.25, -0.2) is 22.6 Å². The van der Waals surface area contributed by atoms with Gasteiger partial charge in [0.05, 0.1) is 18.1 Å². The van der Waals surface area contributed by atoms with Crippen LogP contribution in [-0.2, 0) is 9.84 Å². The van der Waals surface area contributed by atoms with E-state index in [0.717, 1.165) is 15.3 Å². The van der Waals surface area contributed by atoms with Gasteiger partial charge >= 0.3 is 11.9 Å². The van der Waals surface area contributed by atoms with Gasteiger partial charge in [-0.05, 0) is 49.7 Å². The number of benzene rings is 1. The normalized spacial score (nSPS) is 12.3. The van der Waals surface area contributed by atoms with Crippen LogP contribution in [-0.4, -0.2) is 52.2 Å². The Morgan fingerprint density at radius 2 is 1.70 bits per heavy atom. The predicted octanol–water partition coefficient (Wildman–Crippen LogP) is 4.07. The number of rotatable bonds is 8. The monoisotopic (exact) mass is 536 g/mol. The summed E-state index contributed by atoms with van der Waals surface area (Å²) < 4.78 is 75.5. The van der Waals surface area contributed by atoms with Crippen LogP contribution < -0.4 is 15.2 Å². The highest BCUT2D eigenvalue weighted by molar-refractivity contribution is 7.91. The standard InChI is InChI=1S/C24H23F3N4O5S/c1-4-37(33,34)20-11-17(16-5-7-18(8-6-16)36-15(2)3)12-28-22(20)31-23(32)30-13-19(9-10-21(30)29-31)35-14-24(25,26)27/h5-13,15H,4,14H2,1-3H3. The number of halogens is 3. The molecular formula is C24H23F3N4O5S. The van der Waals surface area contributed by atoms with Gasteiger partial charge < -0.3 is 9.47 Å². The van der Waals surface area contributed by atoms with Crippen molar-refractivity contribution in [3.05, 3.63) is 65.3 Å². The zero-order chi connectivity index (χ0) is 27.0. The van der Waals surface area contributed by atoms with E-state index in [2.05, 4.69) is 10.1 Å². The lowest BCUT2D eigenvalue weighted by Crippen LogP contribution is -2.23. The maximum Gasteiger partial charge on any atom is 0.422 e. The Balaban J connectivity index is 1.78. The first kappa shape index (κ1) is 26.2. The second kappa shape index (κ2) is 9.88. The zero-order valence-corrected chi connectivity index (χ0v) is 20.9. The smallest absolute Gasteiger partial charge is 0.422 e. The minimum absolute atomic E-state index is 0.0101. The van der Waals surface area contributed by atoms with Crippen LogP contribution in [0.15, 0.2) is 64.5 Å². The van der Waals surface area contributed by atoms with Crippen molar-refractivity contribution in [3.8, 4) is 28.4 Å². The van der Waals surface area contributed by atoms with E-state index < -0.39 is 28.3 Å². The Bertz CT molecular complexity index is 1590. The van der Waals surface area contributed by atoms with Crippen molar-refractivity contribution >= 4 is 15.5 Å². The molecule has 0 unspecified atom stereocenters. The van der Waals surface area contributed by atoms with E-state index in [4.69, 9.17) is 9.47 Å². The summed E-state index contributed by atoms with van der Waals surface area (Å²) in [5, 5.41) is 4.13. The summed E-state index contributed by atoms with van der Waals surface area (Å²) in [6, 6.07) is 10.9. The minimum Gasteiger partial charge on any atom is -0.491 e. The topological polar surface area (TPSA) is 105 Å². The number of pyridine rings is 2. The molecule has 196 valence electrons. The molecule has 0 aliphatic rings. The van der Waals surface area contributed by atoms with Crippen LogP contribution in [0, 0.1) is 0 Å². The van der Waals surface area contributed by atoms with Gasteiger partial charge in [0.1, 0.15) is 16.4 Å². The van der Waals surface area contributed by atoms with E-state index in [1.807, 2.05) is 13.8 Å². The lowest BCUT2D eigenvalue weighted by atomic mass is 10.1. The largest absolute Gasteiger partial charge is 0.491 e. The third-order valence-electron chi connectivity index (χ3n) is 5.20. The van der Waals surface area contributed by atoms with E-state index in [1.165, 1.54) is 31.3 Å². The van der Waals surface area contributed by atoms with Crippen LogP contribution in [0.2, 0.25) is 0 Å². The molecule has 0 spiro atoms. The summed E-state index contributed by atoms with van der Waals surface area (Å²) >= 11 is 0. The molecule has 37 heavy (non-hydrogen) atoms. The highest BCUT2D eigenvalue weighted by Crippen LogP contribution is 2.28. The van der Waals surface area contributed by atoms with Gasteiger partial charge in [0, 0.05) is 11.8 Å². The second-order valence-corrected chi connectivity index (χ2v) is 10.6. The van der Waals surface area contributed by atoms with Crippen LogP contribution in [0.5, 0.6) is 11.5 Å². The quantitative estimate of drug-likeness (QED) is 0.334. The van der Waals surface area contributed by atoms with Crippen molar-refractivity contribution in [2.24, 2.45) is 0 Å². The zero-order valence-electron chi connectivity index (χ0n) is 20.1. The van der Waals surface area contributed by atoms with Gasteiger partial charge in [0.2, 0.25) is 0 Å². The highest BCUT2D eigenvalue weighted by Gasteiger charge is 2.29. The molecule has 3 heterocycles. The molecule has 9 nitrogen and oxygen atoms in total. The van der Waals surface area contributed by atoms with E-state index >= 15 is 0 Å². The first-order valence-electron chi connectivity index (χ1n) is 11.2. The Kier molecular flexibility index (Phi) is 7.00. The summed E-state index contributed by atoms with van der Waals surface area (Å²) in [6.07, 6.45) is -2.10. The SMILES string of the molecule is CCS(=O)(=O)c1cc(-c2ccc(OC(C)C)cc2)cnc1-n1nc2ccc(OCC(F)(F)F)cn2c1=O. The van der Waals surface area contributed by atoms with Crippen molar-refractivity contribution in [2.45, 2.75) is 37.9 Å². The first-order valence-corrected chi connectivity index (χ1v) is 12.8. The Labute approximate surface area is 210 Å². The molecule has 0 aliphatic carbocycles. The Hall–Kier alpha value is -3.87. The summed E-state index contributed by atoms with van der Waals surface area (Å²) in [4.78, 5) is 17.1. The van der Waals surface area contributed by atoms with E-state index in [1.54, 1.807) is 24.3 Å². The number of alkyl halides is 3. The van der Waals surface area contributed by atoms with Crippen molar-refractivity contribution < 1.29 is 31.1 Å². The maximum atomic E-state index is 13.1. The molecule has 3 aromatic heterocycles. The van der Waals surface area contributed by atoms with Crippen LogP contribution in [0.4, 0.5) is 13.2 Å². The summed E-state index contributed by atoms with van der Waals surface area (Å²) in [7, 11) is -3.86. The van der Waals surface area contributed by atoms with E-state index in [0.29, 0.717) is 16.9 Å². The van der Waals surface area contributed by atoms with Crippen molar-refractivity contribution in [3.63, 3.8) is 0 Å². The number of sulfone groups is 1. The van der Waals surface area contributed by atoms with Gasteiger partial charge in [-0.3, -0.25) is 0 Å². The molecule has 4 aromatic rings. The molecule has 0 N–H and O–H groups in total. The third-order valence-corrected chi connectivity index (χ3v) is 6.93. The van der Waals surface area contributed by atoms with Crippen molar-refractivity contribution in [1.82, 2.24) is 19.2 Å². The van der Waals surface area contributed by atoms with Crippen LogP contribution in [0.3, 0.4) is 0 Å². The Morgan fingerprint density at radius 1 is 1.03 bits per heavy atom.